The van der Waals surface area contributed by atoms with Gasteiger partial charge in [0.05, 0.1) is 0 Å². The minimum atomic E-state index is 0.195. The van der Waals surface area contributed by atoms with Crippen LogP contribution in [-0.2, 0) is 9.59 Å². The van der Waals surface area contributed by atoms with Gasteiger partial charge in [-0.15, -0.1) is 0 Å². The first-order valence-corrected chi connectivity index (χ1v) is 9.14. The van der Waals surface area contributed by atoms with Crippen LogP contribution in [0.25, 0.3) is 0 Å². The first-order chi connectivity index (χ1) is 10.6. The van der Waals surface area contributed by atoms with Crippen molar-refractivity contribution in [2.24, 2.45) is 11.3 Å². The highest BCUT2D eigenvalue weighted by Gasteiger charge is 2.41. The van der Waals surface area contributed by atoms with Crippen molar-refractivity contribution in [3.63, 3.8) is 0 Å². The lowest BCUT2D eigenvalue weighted by atomic mass is 9.72. The summed E-state index contributed by atoms with van der Waals surface area (Å²) >= 11 is 0. The van der Waals surface area contributed by atoms with E-state index >= 15 is 0 Å². The lowest BCUT2D eigenvalue weighted by molar-refractivity contribution is -0.143. The monoisotopic (exact) mass is 306 g/mol. The molecule has 0 unspecified atom stereocenters. The van der Waals surface area contributed by atoms with E-state index in [1.54, 1.807) is 6.92 Å². The number of rotatable bonds is 1. The molecule has 1 aliphatic carbocycles. The van der Waals surface area contributed by atoms with E-state index in [4.69, 9.17) is 0 Å². The van der Waals surface area contributed by atoms with Gasteiger partial charge in [0, 0.05) is 39.0 Å². The Kier molecular flexibility index (Phi) is 4.74. The molecule has 0 bridgehead atoms. The molecule has 0 aromatic heterocycles. The Bertz CT molecular complexity index is 421. The SMILES string of the molecule is CC(=O)N1CCC2(CCCN(C(=O)C3CCCCC3)C2)CC1. The third-order valence-electron chi connectivity index (χ3n) is 6.20. The first-order valence-electron chi connectivity index (χ1n) is 9.14. The van der Waals surface area contributed by atoms with Crippen molar-refractivity contribution in [1.82, 2.24) is 9.80 Å². The average molecular weight is 306 g/mol. The quantitative estimate of drug-likeness (QED) is 0.747. The van der Waals surface area contributed by atoms with Crippen LogP contribution < -0.4 is 0 Å². The second-order valence-corrected chi connectivity index (χ2v) is 7.70. The van der Waals surface area contributed by atoms with Gasteiger partial charge >= 0.3 is 0 Å². The van der Waals surface area contributed by atoms with Gasteiger partial charge in [0.15, 0.2) is 0 Å². The fraction of sp³-hybridized carbons (Fsp3) is 0.889. The number of nitrogens with zero attached hydrogens (tertiary/aromatic N) is 2. The Morgan fingerprint density at radius 2 is 1.55 bits per heavy atom. The lowest BCUT2D eigenvalue weighted by Gasteiger charge is -2.48. The normalized spacial score (nSPS) is 26.2. The zero-order valence-corrected chi connectivity index (χ0v) is 14.0. The predicted molar refractivity (Wildman–Crippen MR) is 86.3 cm³/mol. The standard InChI is InChI=1S/C18H30N2O2/c1-15(21)19-12-9-18(10-13-19)8-5-11-20(14-18)17(22)16-6-3-2-4-7-16/h16H,2-14H2,1H3. The van der Waals surface area contributed by atoms with Crippen molar-refractivity contribution in [2.75, 3.05) is 26.2 Å². The van der Waals surface area contributed by atoms with Crippen molar-refractivity contribution >= 4 is 11.8 Å². The maximum Gasteiger partial charge on any atom is 0.225 e. The highest BCUT2D eigenvalue weighted by Crippen LogP contribution is 2.40. The second kappa shape index (κ2) is 6.59. The summed E-state index contributed by atoms with van der Waals surface area (Å²) < 4.78 is 0. The number of carbonyl (C=O) groups is 2. The summed E-state index contributed by atoms with van der Waals surface area (Å²) in [5.41, 5.74) is 0.286. The third kappa shape index (κ3) is 3.31. The maximum atomic E-state index is 12.8. The van der Waals surface area contributed by atoms with E-state index in [2.05, 4.69) is 4.90 Å². The smallest absolute Gasteiger partial charge is 0.225 e. The number of likely N-dealkylation sites (tertiary alicyclic amines) is 2. The van der Waals surface area contributed by atoms with Crippen LogP contribution in [0.3, 0.4) is 0 Å². The number of carbonyl (C=O) groups excluding carboxylic acids is 2. The van der Waals surface area contributed by atoms with Crippen LogP contribution in [0, 0.1) is 11.3 Å². The molecule has 3 fully saturated rings. The number of hydrogen-bond acceptors (Lipinski definition) is 2. The number of amides is 2. The summed E-state index contributed by atoms with van der Waals surface area (Å²) in [5, 5.41) is 0. The van der Waals surface area contributed by atoms with Crippen LogP contribution in [0.4, 0.5) is 0 Å². The minimum Gasteiger partial charge on any atom is -0.343 e. The molecule has 2 amide bonds. The molecule has 0 N–H and O–H groups in total. The summed E-state index contributed by atoms with van der Waals surface area (Å²) in [6.07, 6.45) is 10.5. The second-order valence-electron chi connectivity index (χ2n) is 7.70. The van der Waals surface area contributed by atoms with Gasteiger partial charge in [0.2, 0.25) is 11.8 Å². The molecule has 0 radical (unpaired) electrons. The molecule has 1 saturated carbocycles. The average Bonchev–Trinajstić information content (AvgIpc) is 2.55. The fourth-order valence-electron chi connectivity index (χ4n) is 4.71. The van der Waals surface area contributed by atoms with Gasteiger partial charge in [-0.1, -0.05) is 19.3 Å². The van der Waals surface area contributed by atoms with E-state index in [9.17, 15) is 9.59 Å². The minimum absolute atomic E-state index is 0.195. The van der Waals surface area contributed by atoms with E-state index in [1.165, 1.54) is 25.7 Å². The highest BCUT2D eigenvalue weighted by molar-refractivity contribution is 5.79. The molecular weight excluding hydrogens is 276 g/mol. The van der Waals surface area contributed by atoms with Crippen LogP contribution in [0.1, 0.15) is 64.7 Å². The first kappa shape index (κ1) is 15.8. The van der Waals surface area contributed by atoms with E-state index in [1.807, 2.05) is 4.90 Å². The molecule has 22 heavy (non-hydrogen) atoms. The molecule has 4 heteroatoms. The van der Waals surface area contributed by atoms with Crippen molar-refractivity contribution in [3.8, 4) is 0 Å². The van der Waals surface area contributed by atoms with Crippen molar-refractivity contribution in [3.05, 3.63) is 0 Å². The van der Waals surface area contributed by atoms with Crippen LogP contribution in [0.5, 0.6) is 0 Å². The topological polar surface area (TPSA) is 40.6 Å². The van der Waals surface area contributed by atoms with Crippen molar-refractivity contribution in [1.29, 1.82) is 0 Å². The molecule has 0 aromatic carbocycles. The number of hydrogen-bond donors (Lipinski definition) is 0. The Labute approximate surface area is 134 Å². The van der Waals surface area contributed by atoms with Crippen LogP contribution in [0.2, 0.25) is 0 Å². The molecule has 2 saturated heterocycles. The molecule has 0 atom stereocenters. The molecule has 124 valence electrons. The van der Waals surface area contributed by atoms with E-state index < -0.39 is 0 Å². The van der Waals surface area contributed by atoms with Gasteiger partial charge in [0.1, 0.15) is 0 Å². The van der Waals surface area contributed by atoms with Crippen LogP contribution in [-0.4, -0.2) is 47.8 Å². The Hall–Kier alpha value is -1.06. The van der Waals surface area contributed by atoms with Gasteiger partial charge in [-0.3, -0.25) is 9.59 Å². The van der Waals surface area contributed by atoms with E-state index in [0.717, 1.165) is 58.3 Å². The maximum absolute atomic E-state index is 12.8. The fourth-order valence-corrected chi connectivity index (χ4v) is 4.71. The van der Waals surface area contributed by atoms with Crippen molar-refractivity contribution in [2.45, 2.75) is 64.7 Å². The van der Waals surface area contributed by atoms with Gasteiger partial charge in [-0.2, -0.15) is 0 Å². The van der Waals surface area contributed by atoms with Crippen LogP contribution >= 0.6 is 0 Å². The zero-order chi connectivity index (χ0) is 15.6. The van der Waals surface area contributed by atoms with Gasteiger partial charge in [-0.25, -0.2) is 0 Å². The summed E-state index contributed by atoms with van der Waals surface area (Å²) in [7, 11) is 0. The summed E-state index contributed by atoms with van der Waals surface area (Å²) in [6, 6.07) is 0. The van der Waals surface area contributed by atoms with Crippen molar-refractivity contribution < 1.29 is 9.59 Å². The largest absolute Gasteiger partial charge is 0.343 e. The van der Waals surface area contributed by atoms with Gasteiger partial charge in [-0.05, 0) is 43.9 Å². The van der Waals surface area contributed by atoms with Gasteiger partial charge < -0.3 is 9.80 Å². The lowest BCUT2D eigenvalue weighted by Crippen LogP contribution is -2.52. The summed E-state index contributed by atoms with van der Waals surface area (Å²) in [4.78, 5) is 28.5. The molecule has 4 nitrogen and oxygen atoms in total. The molecular formula is C18H30N2O2. The molecule has 1 spiro atoms. The number of piperidine rings is 2. The third-order valence-corrected chi connectivity index (χ3v) is 6.20. The van der Waals surface area contributed by atoms with Gasteiger partial charge in [0.25, 0.3) is 0 Å². The molecule has 2 heterocycles. The summed E-state index contributed by atoms with van der Waals surface area (Å²) in [5.74, 6) is 0.912. The predicted octanol–water partition coefficient (Wildman–Crippen LogP) is 2.82. The van der Waals surface area contributed by atoms with Crippen LogP contribution in [0.15, 0.2) is 0 Å². The zero-order valence-electron chi connectivity index (χ0n) is 14.0. The Morgan fingerprint density at radius 1 is 0.864 bits per heavy atom. The Balaban J connectivity index is 1.59. The molecule has 0 aromatic rings. The highest BCUT2D eigenvalue weighted by atomic mass is 16.2. The molecule has 3 aliphatic rings. The summed E-state index contributed by atoms with van der Waals surface area (Å²) in [6.45, 7) is 5.31. The molecule has 2 aliphatic heterocycles. The van der Waals surface area contributed by atoms with E-state index in [0.29, 0.717) is 11.8 Å². The Morgan fingerprint density at radius 3 is 2.18 bits per heavy atom. The molecule has 3 rings (SSSR count). The van der Waals surface area contributed by atoms with E-state index in [-0.39, 0.29) is 11.3 Å².